The van der Waals surface area contributed by atoms with E-state index in [1.54, 1.807) is 43.3 Å². The maximum absolute atomic E-state index is 13.8. The number of hydrogen-bond acceptors (Lipinski definition) is 8. The number of carbonyl (C=O) groups is 5. The van der Waals surface area contributed by atoms with Crippen LogP contribution in [0, 0.1) is 0 Å². The Kier molecular flexibility index (Phi) is 10.2. The molecule has 0 aromatic heterocycles. The normalized spacial score (nSPS) is 18.3. The summed E-state index contributed by atoms with van der Waals surface area (Å²) >= 11 is 0. The molecule has 1 aliphatic rings. The number of amides is 1. The molecule has 1 heterocycles. The minimum Gasteiger partial charge on any atom is -0.480 e. The number of para-hydroxylation sites is 1. The summed E-state index contributed by atoms with van der Waals surface area (Å²) in [5.74, 6) is -11.8. The second-order valence-corrected chi connectivity index (χ2v) is 10.4. The molecule has 0 saturated carbocycles. The molecule has 4 rings (SSSR count). The van der Waals surface area contributed by atoms with Crippen molar-refractivity contribution in [1.29, 1.82) is 0 Å². The molecular weight excluding hydrogens is 590 g/mol. The summed E-state index contributed by atoms with van der Waals surface area (Å²) in [5, 5.41) is 38.4. The number of carboxylic acids is 4. The van der Waals surface area contributed by atoms with Gasteiger partial charge in [0.1, 0.15) is 18.0 Å². The number of nitrogens with zero attached hydrogens (tertiary/aromatic N) is 1. The molecule has 13 nitrogen and oxygen atoms in total. The van der Waals surface area contributed by atoms with E-state index in [2.05, 4.69) is 0 Å². The van der Waals surface area contributed by atoms with E-state index in [1.807, 2.05) is 48.5 Å². The number of aliphatic carboxylic acids is 4. The summed E-state index contributed by atoms with van der Waals surface area (Å²) in [6, 6.07) is 24.5. The Morgan fingerprint density at radius 3 is 1.84 bits per heavy atom. The molecule has 1 saturated heterocycles. The van der Waals surface area contributed by atoms with Gasteiger partial charge in [0.2, 0.25) is 0 Å². The molecule has 4 N–H and O–H groups in total. The summed E-state index contributed by atoms with van der Waals surface area (Å²) < 4.78 is 15.7. The van der Waals surface area contributed by atoms with Gasteiger partial charge >= 0.3 is 29.7 Å². The highest BCUT2D eigenvalue weighted by atomic mass is 16.8. The van der Waals surface area contributed by atoms with Crippen LogP contribution in [0.25, 0.3) is 0 Å². The van der Waals surface area contributed by atoms with Crippen LogP contribution < -0.4 is 4.74 Å². The molecule has 45 heavy (non-hydrogen) atoms. The number of ether oxygens (including phenoxy) is 3. The predicted molar refractivity (Wildman–Crippen MR) is 155 cm³/mol. The fraction of sp³-hybridized carbons (Fsp3) is 0.281. The molecule has 0 radical (unpaired) electrons. The van der Waals surface area contributed by atoms with Crippen molar-refractivity contribution in [3.05, 3.63) is 96.1 Å². The Labute approximate surface area is 257 Å². The van der Waals surface area contributed by atoms with Gasteiger partial charge in [-0.2, -0.15) is 0 Å². The number of carboxylic acid groups (broad SMARTS) is 4. The van der Waals surface area contributed by atoms with E-state index in [-0.39, 0.29) is 0 Å². The second-order valence-electron chi connectivity index (χ2n) is 10.4. The number of benzene rings is 3. The third kappa shape index (κ3) is 7.45. The Balaban J connectivity index is 1.68. The SMILES string of the molecule is C[C@H]([C@H](CCc1ccccc1)c1ccc(Oc2ccccc2)cc1)N(CC(=O)O)C(=O)C1OC(C(=O)O)(C(=O)O)OC1C(=O)O. The number of carbonyl (C=O) groups excluding carboxylic acids is 1. The van der Waals surface area contributed by atoms with Crippen molar-refractivity contribution in [2.75, 3.05) is 6.54 Å². The summed E-state index contributed by atoms with van der Waals surface area (Å²) in [7, 11) is 0. The van der Waals surface area contributed by atoms with E-state index >= 15 is 0 Å². The first-order chi connectivity index (χ1) is 21.4. The second kappa shape index (κ2) is 14.0. The van der Waals surface area contributed by atoms with Crippen LogP contribution in [-0.4, -0.2) is 85.7 Å². The molecular formula is C32H31NO12. The zero-order chi connectivity index (χ0) is 32.7. The molecule has 4 atom stereocenters. The van der Waals surface area contributed by atoms with Crippen LogP contribution in [0.3, 0.4) is 0 Å². The van der Waals surface area contributed by atoms with Gasteiger partial charge in [0, 0.05) is 12.0 Å². The van der Waals surface area contributed by atoms with Gasteiger partial charge in [0.05, 0.1) is 0 Å². The Hall–Kier alpha value is -5.27. The highest BCUT2D eigenvalue weighted by molar-refractivity contribution is 6.02. The lowest BCUT2D eigenvalue weighted by atomic mass is 9.85. The quantitative estimate of drug-likeness (QED) is 0.192. The minimum atomic E-state index is -3.48. The van der Waals surface area contributed by atoms with Crippen molar-refractivity contribution in [2.45, 2.75) is 49.7 Å². The number of aryl methyl sites for hydroxylation is 1. The summed E-state index contributed by atoms with van der Waals surface area (Å²) in [5.41, 5.74) is 1.67. The molecule has 1 aliphatic heterocycles. The lowest BCUT2D eigenvalue weighted by Gasteiger charge is -2.36. The van der Waals surface area contributed by atoms with Crippen LogP contribution in [0.15, 0.2) is 84.9 Å². The van der Waals surface area contributed by atoms with Crippen molar-refractivity contribution in [3.63, 3.8) is 0 Å². The van der Waals surface area contributed by atoms with Gasteiger partial charge in [-0.15, -0.1) is 0 Å². The molecule has 13 heteroatoms. The monoisotopic (exact) mass is 621 g/mol. The van der Waals surface area contributed by atoms with E-state index in [1.165, 1.54) is 0 Å². The molecule has 0 spiro atoms. The van der Waals surface area contributed by atoms with Crippen LogP contribution in [0.2, 0.25) is 0 Å². The summed E-state index contributed by atoms with van der Waals surface area (Å²) in [6.45, 7) is 0.647. The van der Waals surface area contributed by atoms with Crippen LogP contribution in [-0.2, 0) is 39.9 Å². The van der Waals surface area contributed by atoms with Gasteiger partial charge in [-0.05, 0) is 55.2 Å². The molecule has 3 aromatic rings. The van der Waals surface area contributed by atoms with Crippen molar-refractivity contribution >= 4 is 29.8 Å². The molecule has 3 aromatic carbocycles. The first-order valence-electron chi connectivity index (χ1n) is 13.9. The van der Waals surface area contributed by atoms with Crippen LogP contribution in [0.1, 0.15) is 30.4 Å². The number of rotatable bonds is 14. The molecule has 0 aliphatic carbocycles. The fourth-order valence-corrected chi connectivity index (χ4v) is 5.17. The van der Waals surface area contributed by atoms with Gasteiger partial charge in [0.15, 0.2) is 12.2 Å². The minimum absolute atomic E-state index is 0.409. The fourth-order valence-electron chi connectivity index (χ4n) is 5.17. The Morgan fingerprint density at radius 1 is 0.778 bits per heavy atom. The molecule has 1 fully saturated rings. The zero-order valence-electron chi connectivity index (χ0n) is 24.0. The van der Waals surface area contributed by atoms with Gasteiger partial charge in [-0.1, -0.05) is 60.7 Å². The summed E-state index contributed by atoms with van der Waals surface area (Å²) in [6.07, 6.45) is -3.68. The first-order valence-corrected chi connectivity index (χ1v) is 13.9. The first kappa shape index (κ1) is 32.6. The van der Waals surface area contributed by atoms with Gasteiger partial charge in [0.25, 0.3) is 5.91 Å². The van der Waals surface area contributed by atoms with Crippen molar-refractivity contribution in [1.82, 2.24) is 4.90 Å². The van der Waals surface area contributed by atoms with E-state index in [4.69, 9.17) is 14.2 Å². The maximum Gasteiger partial charge on any atom is 0.377 e. The van der Waals surface area contributed by atoms with E-state index in [9.17, 15) is 44.4 Å². The smallest absolute Gasteiger partial charge is 0.377 e. The van der Waals surface area contributed by atoms with Crippen LogP contribution >= 0.6 is 0 Å². The Morgan fingerprint density at radius 2 is 1.31 bits per heavy atom. The molecule has 2 unspecified atom stereocenters. The van der Waals surface area contributed by atoms with Gasteiger partial charge in [-0.25, -0.2) is 14.4 Å². The topological polar surface area (TPSA) is 197 Å². The predicted octanol–water partition coefficient (Wildman–Crippen LogP) is 3.23. The van der Waals surface area contributed by atoms with Crippen molar-refractivity contribution in [3.8, 4) is 11.5 Å². The van der Waals surface area contributed by atoms with E-state index < -0.39 is 66.3 Å². The zero-order valence-corrected chi connectivity index (χ0v) is 24.0. The number of hydrogen-bond donors (Lipinski definition) is 4. The lowest BCUT2D eigenvalue weighted by molar-refractivity contribution is -0.221. The largest absolute Gasteiger partial charge is 0.480 e. The lowest BCUT2D eigenvalue weighted by Crippen LogP contribution is -2.53. The van der Waals surface area contributed by atoms with E-state index in [0.29, 0.717) is 29.9 Å². The average molecular weight is 622 g/mol. The van der Waals surface area contributed by atoms with E-state index in [0.717, 1.165) is 10.5 Å². The molecule has 0 bridgehead atoms. The van der Waals surface area contributed by atoms with Crippen molar-refractivity contribution < 1.29 is 58.6 Å². The van der Waals surface area contributed by atoms with Gasteiger partial charge < -0.3 is 39.5 Å². The van der Waals surface area contributed by atoms with Crippen molar-refractivity contribution in [2.24, 2.45) is 0 Å². The van der Waals surface area contributed by atoms with Crippen LogP contribution in [0.4, 0.5) is 0 Å². The van der Waals surface area contributed by atoms with Gasteiger partial charge in [-0.3, -0.25) is 9.59 Å². The third-order valence-electron chi connectivity index (χ3n) is 7.45. The molecule has 236 valence electrons. The Bertz CT molecular complexity index is 1510. The third-order valence-corrected chi connectivity index (χ3v) is 7.45. The standard InChI is InChI=1S/C32H31NO12/c1-19(33(18-25(34)35)28(36)26-27(29(37)38)45-32(44-26,30(39)40)31(41)42)24(17-12-20-8-4-2-5-9-20)21-13-15-23(16-14-21)43-22-10-6-3-7-11-22/h2-11,13-16,19,24,26-27H,12,17-18H2,1H3,(H,34,35)(H,37,38)(H,39,40)(H,41,42)/t19-,24+,26?,27?/m1/s1. The average Bonchev–Trinajstić information content (AvgIpc) is 3.45. The highest BCUT2D eigenvalue weighted by Crippen LogP contribution is 2.35. The highest BCUT2D eigenvalue weighted by Gasteiger charge is 2.64. The van der Waals surface area contributed by atoms with Crippen LogP contribution in [0.5, 0.6) is 11.5 Å². The maximum atomic E-state index is 13.8. The molecule has 1 amide bonds. The summed E-state index contributed by atoms with van der Waals surface area (Å²) in [4.78, 5) is 62.2.